The van der Waals surface area contributed by atoms with E-state index in [0.29, 0.717) is 13.2 Å². The smallest absolute Gasteiger partial charge is 0.182 e. The van der Waals surface area contributed by atoms with Gasteiger partial charge < -0.3 is 9.47 Å². The molecule has 1 aromatic carbocycles. The molecule has 100 valence electrons. The Morgan fingerprint density at radius 3 is 2.68 bits per heavy atom. The Balaban J connectivity index is 1.55. The van der Waals surface area contributed by atoms with Crippen molar-refractivity contribution in [1.82, 2.24) is 0 Å². The van der Waals surface area contributed by atoms with E-state index in [4.69, 9.17) is 9.47 Å². The van der Waals surface area contributed by atoms with E-state index in [-0.39, 0.29) is 6.29 Å². The Hall–Kier alpha value is -0.750. The lowest BCUT2D eigenvalue weighted by atomic mass is 10.2. The standard InChI is InChI=1S/C14H15NO2S2/c1-2-4-11(5-3-1)9-18-14-15-8-12(10-19-14)13-16-6-7-17-13/h1-5,8,13H,6-7,9-10H2. The van der Waals surface area contributed by atoms with Gasteiger partial charge in [-0.1, -0.05) is 53.9 Å². The summed E-state index contributed by atoms with van der Waals surface area (Å²) in [6.07, 6.45) is 1.73. The van der Waals surface area contributed by atoms with Crippen LogP contribution in [0.4, 0.5) is 0 Å². The van der Waals surface area contributed by atoms with Crippen molar-refractivity contribution < 1.29 is 9.47 Å². The molecule has 0 aliphatic carbocycles. The molecule has 1 aromatic rings. The number of ether oxygens (including phenoxy) is 2. The Morgan fingerprint density at radius 2 is 2.00 bits per heavy atom. The topological polar surface area (TPSA) is 30.8 Å². The number of hydrogen-bond acceptors (Lipinski definition) is 5. The molecule has 5 heteroatoms. The fourth-order valence-electron chi connectivity index (χ4n) is 1.85. The van der Waals surface area contributed by atoms with Crippen molar-refractivity contribution >= 4 is 27.9 Å². The number of benzene rings is 1. The molecular formula is C14H15NO2S2. The molecule has 0 radical (unpaired) electrons. The second kappa shape index (κ2) is 6.61. The van der Waals surface area contributed by atoms with Crippen LogP contribution in [0.2, 0.25) is 0 Å². The maximum atomic E-state index is 5.48. The molecule has 0 N–H and O–H groups in total. The largest absolute Gasteiger partial charge is 0.346 e. The van der Waals surface area contributed by atoms with Gasteiger partial charge in [0.25, 0.3) is 0 Å². The van der Waals surface area contributed by atoms with Gasteiger partial charge in [0.05, 0.1) is 13.2 Å². The molecule has 3 rings (SSSR count). The number of rotatable bonds is 3. The molecule has 0 atom stereocenters. The summed E-state index contributed by atoms with van der Waals surface area (Å²) < 4.78 is 12.1. The molecule has 1 saturated heterocycles. The van der Waals surface area contributed by atoms with Gasteiger partial charge in [0, 0.05) is 23.3 Å². The van der Waals surface area contributed by atoms with Gasteiger partial charge in [-0.25, -0.2) is 4.99 Å². The van der Waals surface area contributed by atoms with Crippen LogP contribution in [0, 0.1) is 0 Å². The summed E-state index contributed by atoms with van der Waals surface area (Å²) in [6, 6.07) is 10.5. The highest BCUT2D eigenvalue weighted by molar-refractivity contribution is 8.38. The minimum Gasteiger partial charge on any atom is -0.346 e. The third-order valence-corrected chi connectivity index (χ3v) is 5.19. The maximum Gasteiger partial charge on any atom is 0.182 e. The van der Waals surface area contributed by atoms with Gasteiger partial charge in [0.2, 0.25) is 0 Å². The first kappa shape index (κ1) is 13.2. The molecule has 0 unspecified atom stereocenters. The van der Waals surface area contributed by atoms with E-state index in [0.717, 1.165) is 21.5 Å². The zero-order chi connectivity index (χ0) is 12.9. The lowest BCUT2D eigenvalue weighted by molar-refractivity contribution is -0.0107. The third kappa shape index (κ3) is 3.63. The van der Waals surface area contributed by atoms with Crippen molar-refractivity contribution in [3.05, 3.63) is 47.7 Å². The van der Waals surface area contributed by atoms with Gasteiger partial charge in [-0.15, -0.1) is 0 Å². The molecule has 0 aromatic heterocycles. The zero-order valence-corrected chi connectivity index (χ0v) is 12.1. The Bertz CT molecular complexity index is 481. The normalized spacial score (nSPS) is 20.2. The van der Waals surface area contributed by atoms with E-state index in [9.17, 15) is 0 Å². The highest BCUT2D eigenvalue weighted by atomic mass is 32.2. The van der Waals surface area contributed by atoms with Crippen LogP contribution in [0.1, 0.15) is 5.56 Å². The van der Waals surface area contributed by atoms with Crippen LogP contribution in [0.5, 0.6) is 0 Å². The van der Waals surface area contributed by atoms with Crippen molar-refractivity contribution in [2.75, 3.05) is 19.0 Å². The number of nitrogens with zero attached hydrogens (tertiary/aromatic N) is 1. The molecule has 1 fully saturated rings. The van der Waals surface area contributed by atoms with Gasteiger partial charge >= 0.3 is 0 Å². The maximum absolute atomic E-state index is 5.48. The van der Waals surface area contributed by atoms with Crippen LogP contribution in [0.3, 0.4) is 0 Å². The van der Waals surface area contributed by atoms with Crippen molar-refractivity contribution in [3.63, 3.8) is 0 Å². The SMILES string of the molecule is C1=C(C2OCCO2)CSC(SCc2ccccc2)=N1. The molecule has 0 saturated carbocycles. The summed E-state index contributed by atoms with van der Waals surface area (Å²) in [4.78, 5) is 4.49. The first-order valence-corrected chi connectivity index (χ1v) is 8.18. The Morgan fingerprint density at radius 1 is 1.21 bits per heavy atom. The van der Waals surface area contributed by atoms with E-state index in [1.54, 1.807) is 23.5 Å². The Labute approximate surface area is 121 Å². The molecule has 0 spiro atoms. The highest BCUT2D eigenvalue weighted by Gasteiger charge is 2.23. The van der Waals surface area contributed by atoms with E-state index >= 15 is 0 Å². The number of hydrogen-bond donors (Lipinski definition) is 0. The molecule has 2 aliphatic heterocycles. The lowest BCUT2D eigenvalue weighted by Crippen LogP contribution is -2.15. The van der Waals surface area contributed by atoms with Crippen LogP contribution < -0.4 is 0 Å². The molecule has 3 nitrogen and oxygen atoms in total. The first-order chi connectivity index (χ1) is 9.42. The zero-order valence-electron chi connectivity index (χ0n) is 10.5. The average molecular weight is 293 g/mol. The van der Waals surface area contributed by atoms with E-state index in [2.05, 4.69) is 29.3 Å². The van der Waals surface area contributed by atoms with E-state index in [1.807, 2.05) is 12.3 Å². The highest BCUT2D eigenvalue weighted by Crippen LogP contribution is 2.29. The molecule has 2 heterocycles. The molecule has 0 bridgehead atoms. The summed E-state index contributed by atoms with van der Waals surface area (Å²) in [7, 11) is 0. The molecule has 0 amide bonds. The molecule has 19 heavy (non-hydrogen) atoms. The third-order valence-electron chi connectivity index (χ3n) is 2.83. The van der Waals surface area contributed by atoms with Gasteiger partial charge in [-0.2, -0.15) is 0 Å². The predicted octanol–water partition coefficient (Wildman–Crippen LogP) is 3.28. The minimum atomic E-state index is -0.170. The second-order valence-corrected chi connectivity index (χ2v) is 6.42. The fraction of sp³-hybridized carbons (Fsp3) is 0.357. The van der Waals surface area contributed by atoms with Gasteiger partial charge in [0.15, 0.2) is 6.29 Å². The fourth-order valence-corrected chi connectivity index (χ4v) is 3.78. The first-order valence-electron chi connectivity index (χ1n) is 6.21. The quantitative estimate of drug-likeness (QED) is 0.856. The lowest BCUT2D eigenvalue weighted by Gasteiger charge is -2.16. The summed E-state index contributed by atoms with van der Waals surface area (Å²) in [5.41, 5.74) is 2.46. The molecular weight excluding hydrogens is 278 g/mol. The van der Waals surface area contributed by atoms with Crippen molar-refractivity contribution in [2.45, 2.75) is 12.0 Å². The summed E-state index contributed by atoms with van der Waals surface area (Å²) in [5.74, 6) is 1.87. The monoisotopic (exact) mass is 293 g/mol. The van der Waals surface area contributed by atoms with Crippen LogP contribution in [0.25, 0.3) is 0 Å². The van der Waals surface area contributed by atoms with Crippen LogP contribution in [-0.2, 0) is 15.2 Å². The van der Waals surface area contributed by atoms with Crippen LogP contribution >= 0.6 is 23.5 Å². The second-order valence-electron chi connectivity index (χ2n) is 4.24. The number of thioether (sulfide) groups is 2. The summed E-state index contributed by atoms with van der Waals surface area (Å²) in [5, 5.41) is 0. The van der Waals surface area contributed by atoms with Gasteiger partial charge in [-0.3, -0.25) is 0 Å². The van der Waals surface area contributed by atoms with E-state index < -0.39 is 0 Å². The molecule has 2 aliphatic rings. The Kier molecular flexibility index (Phi) is 4.61. The van der Waals surface area contributed by atoms with Crippen molar-refractivity contribution in [3.8, 4) is 0 Å². The van der Waals surface area contributed by atoms with Crippen molar-refractivity contribution in [2.24, 2.45) is 4.99 Å². The van der Waals surface area contributed by atoms with Gasteiger partial charge in [-0.05, 0) is 5.56 Å². The van der Waals surface area contributed by atoms with Gasteiger partial charge in [0.1, 0.15) is 4.38 Å². The van der Waals surface area contributed by atoms with Crippen LogP contribution in [-0.4, -0.2) is 29.6 Å². The van der Waals surface area contributed by atoms with Crippen molar-refractivity contribution in [1.29, 1.82) is 0 Å². The van der Waals surface area contributed by atoms with E-state index in [1.165, 1.54) is 5.56 Å². The summed E-state index contributed by atoms with van der Waals surface area (Å²) >= 11 is 3.54. The van der Waals surface area contributed by atoms with Crippen LogP contribution in [0.15, 0.2) is 47.1 Å². The average Bonchev–Trinajstić information content (AvgIpc) is 3.01. The summed E-state index contributed by atoms with van der Waals surface area (Å²) in [6.45, 7) is 1.37. The number of aliphatic imine (C=N–C) groups is 1. The minimum absolute atomic E-state index is 0.170. The predicted molar refractivity (Wildman–Crippen MR) is 81.4 cm³/mol.